The Balaban J connectivity index is 1.73. The molecule has 1 saturated carbocycles. The molecule has 2 aliphatic heterocycles. The molecule has 0 atom stereocenters. The molecule has 0 aromatic heterocycles. The molecule has 2 aliphatic carbocycles. The zero-order chi connectivity index (χ0) is 15.4. The predicted molar refractivity (Wildman–Crippen MR) is 81.7 cm³/mol. The van der Waals surface area contributed by atoms with Crippen molar-refractivity contribution in [2.45, 2.75) is 51.5 Å². The molecule has 0 aromatic rings. The van der Waals surface area contributed by atoms with E-state index < -0.39 is 0 Å². The minimum atomic E-state index is -0.0243. The van der Waals surface area contributed by atoms with Crippen LogP contribution in [0.3, 0.4) is 0 Å². The average Bonchev–Trinajstić information content (AvgIpc) is 3.27. The van der Waals surface area contributed by atoms with Gasteiger partial charge in [-0.3, -0.25) is 14.5 Å². The molecule has 0 spiro atoms. The molecule has 2 heterocycles. The van der Waals surface area contributed by atoms with Gasteiger partial charge in [-0.15, -0.1) is 0 Å². The Morgan fingerprint density at radius 2 is 1.73 bits per heavy atom. The predicted octanol–water partition coefficient (Wildman–Crippen LogP) is 3.40. The number of piperidine rings is 1. The highest BCUT2D eigenvalue weighted by Gasteiger charge is 2.43. The second-order valence-corrected chi connectivity index (χ2v) is 6.54. The molecule has 4 rings (SSSR count). The van der Waals surface area contributed by atoms with Gasteiger partial charge in [0.15, 0.2) is 0 Å². The van der Waals surface area contributed by atoms with E-state index in [4.69, 9.17) is 4.42 Å². The lowest BCUT2D eigenvalue weighted by Crippen LogP contribution is -2.44. The van der Waals surface area contributed by atoms with Crippen LogP contribution in [0.4, 0.5) is 0 Å². The smallest absolute Gasteiger partial charge is 0.230 e. The largest absolute Gasteiger partial charge is 0.472 e. The van der Waals surface area contributed by atoms with Crippen LogP contribution < -0.4 is 0 Å². The van der Waals surface area contributed by atoms with E-state index >= 15 is 0 Å². The number of rotatable bonds is 2. The van der Waals surface area contributed by atoms with Gasteiger partial charge in [0, 0.05) is 30.4 Å². The third kappa shape index (κ3) is 1.90. The van der Waals surface area contributed by atoms with Gasteiger partial charge in [0.1, 0.15) is 0 Å². The fourth-order valence-corrected chi connectivity index (χ4v) is 3.81. The molecule has 114 valence electrons. The number of carbonyl (C=O) groups is 2. The van der Waals surface area contributed by atoms with Gasteiger partial charge < -0.3 is 4.42 Å². The maximum atomic E-state index is 12.4. The van der Waals surface area contributed by atoms with Crippen LogP contribution >= 0.6 is 0 Å². The molecule has 2 fully saturated rings. The zero-order valence-corrected chi connectivity index (χ0v) is 12.9. The van der Waals surface area contributed by atoms with E-state index in [1.54, 1.807) is 12.5 Å². The highest BCUT2D eigenvalue weighted by atomic mass is 16.3. The maximum Gasteiger partial charge on any atom is 0.230 e. The van der Waals surface area contributed by atoms with Crippen molar-refractivity contribution < 1.29 is 14.0 Å². The van der Waals surface area contributed by atoms with E-state index in [1.165, 1.54) is 16.0 Å². The van der Waals surface area contributed by atoms with Crippen molar-refractivity contribution in [2.75, 3.05) is 0 Å². The Morgan fingerprint density at radius 1 is 1.05 bits per heavy atom. The number of hydrogen-bond donors (Lipinski definition) is 0. The van der Waals surface area contributed by atoms with Crippen molar-refractivity contribution in [1.29, 1.82) is 0 Å². The van der Waals surface area contributed by atoms with Gasteiger partial charge in [0.05, 0.1) is 12.5 Å². The summed E-state index contributed by atoms with van der Waals surface area (Å²) in [5.41, 5.74) is 5.72. The number of nitrogens with zero attached hydrogens (tertiary/aromatic N) is 1. The van der Waals surface area contributed by atoms with E-state index in [2.05, 4.69) is 13.8 Å². The number of amides is 2. The van der Waals surface area contributed by atoms with Crippen LogP contribution in [-0.2, 0) is 9.59 Å². The minimum absolute atomic E-state index is 0.0111. The van der Waals surface area contributed by atoms with Crippen molar-refractivity contribution >= 4 is 11.8 Å². The molecule has 4 heteroatoms. The molecular formula is C18H19NO3. The van der Waals surface area contributed by atoms with Crippen LogP contribution in [0.5, 0.6) is 0 Å². The highest BCUT2D eigenvalue weighted by molar-refractivity contribution is 6.00. The van der Waals surface area contributed by atoms with Crippen molar-refractivity contribution in [2.24, 2.45) is 0 Å². The molecule has 4 aliphatic rings. The number of fused-ring (bicyclic) bond motifs is 1. The number of likely N-dealkylation sites (tertiary alicyclic amines) is 1. The molecule has 0 aromatic carbocycles. The lowest BCUT2D eigenvalue weighted by atomic mass is 9.86. The molecule has 22 heavy (non-hydrogen) atoms. The fraction of sp³-hybridized carbons (Fsp3) is 0.444. The average molecular weight is 297 g/mol. The number of carbonyl (C=O) groups excluding carboxylic acids is 2. The molecule has 0 radical (unpaired) electrons. The van der Waals surface area contributed by atoms with Crippen molar-refractivity contribution in [3.63, 3.8) is 0 Å². The van der Waals surface area contributed by atoms with Crippen molar-refractivity contribution in [3.8, 4) is 11.1 Å². The quantitative estimate of drug-likeness (QED) is 0.798. The molecule has 0 unspecified atom stereocenters. The molecular weight excluding hydrogens is 278 g/mol. The first-order valence-corrected chi connectivity index (χ1v) is 7.87. The maximum absolute atomic E-state index is 12.4. The van der Waals surface area contributed by atoms with Crippen LogP contribution in [0.2, 0.25) is 0 Å². The minimum Gasteiger partial charge on any atom is -0.472 e. The normalized spacial score (nSPS) is 20.2. The van der Waals surface area contributed by atoms with Gasteiger partial charge in [0.2, 0.25) is 11.8 Å². The Labute approximate surface area is 129 Å². The fourth-order valence-electron chi connectivity index (χ4n) is 3.81. The lowest BCUT2D eigenvalue weighted by Gasteiger charge is -2.30. The van der Waals surface area contributed by atoms with Crippen LogP contribution in [-0.4, -0.2) is 22.8 Å². The summed E-state index contributed by atoms with van der Waals surface area (Å²) in [6.07, 6.45) is 6.21. The monoisotopic (exact) mass is 297 g/mol. The standard InChI is InChI=1S/C18H19NO3/c1-10-11(2)18(15-9-22-6-5-14(10)15)12-7-16(20)19(13-3-4-13)17(21)8-12/h5-6,9,12-13H,3-4,7-8H2,1-2H3. The van der Waals surface area contributed by atoms with Gasteiger partial charge in [0.25, 0.3) is 0 Å². The van der Waals surface area contributed by atoms with E-state index in [9.17, 15) is 9.59 Å². The molecule has 4 nitrogen and oxygen atoms in total. The summed E-state index contributed by atoms with van der Waals surface area (Å²) in [5.74, 6) is -0.0464. The van der Waals surface area contributed by atoms with Gasteiger partial charge >= 0.3 is 0 Å². The third-order valence-corrected chi connectivity index (χ3v) is 5.15. The molecule has 0 bridgehead atoms. The van der Waals surface area contributed by atoms with E-state index in [1.807, 2.05) is 6.07 Å². The second kappa shape index (κ2) is 4.70. The van der Waals surface area contributed by atoms with Crippen LogP contribution in [0.15, 0.2) is 23.0 Å². The summed E-state index contributed by atoms with van der Waals surface area (Å²) >= 11 is 0. The SMILES string of the molecule is Cc1c2ccocc-2c(C2CC(=O)N(C3CC3)C(=O)C2)c1C. The molecule has 2 amide bonds. The Kier molecular flexibility index (Phi) is 2.90. The van der Waals surface area contributed by atoms with E-state index in [-0.39, 0.29) is 23.8 Å². The van der Waals surface area contributed by atoms with Gasteiger partial charge in [-0.1, -0.05) is 0 Å². The first-order valence-electron chi connectivity index (χ1n) is 7.87. The van der Waals surface area contributed by atoms with Crippen molar-refractivity contribution in [3.05, 3.63) is 35.3 Å². The highest BCUT2D eigenvalue weighted by Crippen LogP contribution is 2.44. The van der Waals surface area contributed by atoms with Gasteiger partial charge in [-0.25, -0.2) is 0 Å². The van der Waals surface area contributed by atoms with Crippen LogP contribution in [0.25, 0.3) is 11.1 Å². The van der Waals surface area contributed by atoms with E-state index in [0.717, 1.165) is 29.5 Å². The van der Waals surface area contributed by atoms with Gasteiger partial charge in [-0.2, -0.15) is 0 Å². The second-order valence-electron chi connectivity index (χ2n) is 6.54. The first-order chi connectivity index (χ1) is 10.6. The summed E-state index contributed by atoms with van der Waals surface area (Å²) in [5, 5.41) is 0. The van der Waals surface area contributed by atoms with Crippen molar-refractivity contribution in [1.82, 2.24) is 4.90 Å². The zero-order valence-electron chi connectivity index (χ0n) is 12.9. The Hall–Kier alpha value is -2.10. The summed E-state index contributed by atoms with van der Waals surface area (Å²) in [4.78, 5) is 26.3. The summed E-state index contributed by atoms with van der Waals surface area (Å²) in [6, 6.07) is 2.14. The number of hydrogen-bond acceptors (Lipinski definition) is 3. The summed E-state index contributed by atoms with van der Waals surface area (Å²) in [6.45, 7) is 4.16. The summed E-state index contributed by atoms with van der Waals surface area (Å²) < 4.78 is 5.33. The van der Waals surface area contributed by atoms with Crippen LogP contribution in [0, 0.1) is 13.8 Å². The Bertz CT molecular complexity index is 723. The molecule has 0 N–H and O–H groups in total. The topological polar surface area (TPSA) is 50.5 Å². The first kappa shape index (κ1) is 13.6. The Morgan fingerprint density at radius 3 is 2.36 bits per heavy atom. The lowest BCUT2D eigenvalue weighted by molar-refractivity contribution is -0.149. The molecule has 1 saturated heterocycles. The van der Waals surface area contributed by atoms with E-state index in [0.29, 0.717) is 12.8 Å². The number of imide groups is 1. The summed E-state index contributed by atoms with van der Waals surface area (Å²) in [7, 11) is 0. The van der Waals surface area contributed by atoms with Crippen LogP contribution in [0.1, 0.15) is 48.3 Å². The third-order valence-electron chi connectivity index (χ3n) is 5.15. The van der Waals surface area contributed by atoms with Gasteiger partial charge in [-0.05, 0) is 55.0 Å².